The molecule has 222 valence electrons. The lowest BCUT2D eigenvalue weighted by molar-refractivity contribution is 0.296. The molecule has 0 atom stereocenters. The van der Waals surface area contributed by atoms with E-state index in [1.54, 1.807) is 7.11 Å². The Bertz CT molecular complexity index is 1720. The van der Waals surface area contributed by atoms with Crippen LogP contribution in [0.5, 0.6) is 17.4 Å². The number of hydrogen-bond acceptors (Lipinski definition) is 9. The van der Waals surface area contributed by atoms with Crippen molar-refractivity contribution < 1.29 is 14.2 Å². The van der Waals surface area contributed by atoms with Crippen LogP contribution in [-0.2, 0) is 13.1 Å². The second-order valence-corrected chi connectivity index (χ2v) is 9.93. The largest absolute Gasteiger partial charge is 0.493 e. The molecule has 0 aliphatic heterocycles. The Labute approximate surface area is 253 Å². The molecule has 43 heavy (non-hydrogen) atoms. The minimum absolute atomic E-state index is 0.00491. The van der Waals surface area contributed by atoms with E-state index in [9.17, 15) is 4.79 Å². The number of benzene rings is 3. The molecule has 11 nitrogen and oxygen atoms in total. The first-order valence-electron chi connectivity index (χ1n) is 13.9. The van der Waals surface area contributed by atoms with Crippen molar-refractivity contribution >= 4 is 17.3 Å². The molecule has 0 saturated heterocycles. The summed E-state index contributed by atoms with van der Waals surface area (Å²) in [6.45, 7) is 5.41. The minimum atomic E-state index is -0.427. The lowest BCUT2D eigenvalue weighted by Gasteiger charge is -2.17. The number of tetrazole rings is 1. The van der Waals surface area contributed by atoms with Gasteiger partial charge in [-0.3, -0.25) is 4.79 Å². The molecule has 5 rings (SSSR count). The summed E-state index contributed by atoms with van der Waals surface area (Å²) in [6.07, 6.45) is 0.765. The summed E-state index contributed by atoms with van der Waals surface area (Å²) in [5, 5.41) is 22.2. The molecule has 2 aromatic heterocycles. The van der Waals surface area contributed by atoms with E-state index in [-0.39, 0.29) is 17.4 Å². The monoisotopic (exact) mass is 601 g/mol. The molecule has 0 unspecified atom stereocenters. The third kappa shape index (κ3) is 6.78. The third-order valence-electron chi connectivity index (χ3n) is 6.62. The number of anilines is 1. The number of nitrogens with zero attached hydrogens (tertiary/aromatic N) is 5. The van der Waals surface area contributed by atoms with Gasteiger partial charge in [0.2, 0.25) is 5.82 Å². The maximum Gasteiger partial charge on any atom is 0.288 e. The van der Waals surface area contributed by atoms with E-state index in [0.717, 1.165) is 34.2 Å². The SMILES string of the molecule is CCCOc1nn(Cc2ccc(-c3ccccc3-c3nn[nH]n3)cc2)c(=O)c(Cl)c1NCc1ccc(OC)c(OCC)c1. The number of halogens is 1. The second kappa shape index (κ2) is 13.8. The van der Waals surface area contributed by atoms with Gasteiger partial charge in [-0.25, -0.2) is 4.68 Å². The molecular weight excluding hydrogens is 570 g/mol. The summed E-state index contributed by atoms with van der Waals surface area (Å²) in [7, 11) is 1.60. The Morgan fingerprint density at radius 1 is 0.953 bits per heavy atom. The predicted octanol–water partition coefficient (Wildman–Crippen LogP) is 5.60. The minimum Gasteiger partial charge on any atom is -0.493 e. The zero-order valence-electron chi connectivity index (χ0n) is 24.1. The van der Waals surface area contributed by atoms with Gasteiger partial charge in [-0.1, -0.05) is 73.1 Å². The van der Waals surface area contributed by atoms with E-state index in [1.807, 2.05) is 80.6 Å². The van der Waals surface area contributed by atoms with Crippen molar-refractivity contribution in [2.45, 2.75) is 33.4 Å². The van der Waals surface area contributed by atoms with Gasteiger partial charge < -0.3 is 19.5 Å². The first-order chi connectivity index (χ1) is 21.0. The molecule has 0 spiro atoms. The summed E-state index contributed by atoms with van der Waals surface area (Å²) in [5.74, 6) is 2.05. The normalized spacial score (nSPS) is 10.9. The number of nitrogens with one attached hydrogen (secondary N) is 2. The smallest absolute Gasteiger partial charge is 0.288 e. The third-order valence-corrected chi connectivity index (χ3v) is 6.97. The number of H-pyrrole nitrogens is 1. The van der Waals surface area contributed by atoms with E-state index < -0.39 is 5.56 Å². The molecule has 0 aliphatic carbocycles. The van der Waals surface area contributed by atoms with Crippen LogP contribution in [0.2, 0.25) is 5.02 Å². The van der Waals surface area contributed by atoms with Crippen LogP contribution >= 0.6 is 11.6 Å². The van der Waals surface area contributed by atoms with Crippen LogP contribution in [0, 0.1) is 0 Å². The van der Waals surface area contributed by atoms with Gasteiger partial charge in [0.05, 0.1) is 26.9 Å². The van der Waals surface area contributed by atoms with Gasteiger partial charge in [0.25, 0.3) is 11.4 Å². The fourth-order valence-electron chi connectivity index (χ4n) is 4.54. The standard InChI is InChI=1S/C31H32ClN7O4/c1-4-16-43-30-28(33-18-21-12-15-25(41-3)26(17-21)42-5-2)27(32)31(40)39(36-30)19-20-10-13-22(14-11-20)23-8-6-7-9-24(23)29-34-37-38-35-29/h6-15,17,33H,4-5,16,18-19H2,1-3H3,(H,34,35,37,38). The molecular formula is C31H32ClN7O4. The summed E-state index contributed by atoms with van der Waals surface area (Å²) in [6, 6.07) is 21.3. The molecule has 0 saturated carbocycles. The van der Waals surface area contributed by atoms with Gasteiger partial charge in [-0.05, 0) is 52.9 Å². The Balaban J connectivity index is 1.38. The molecule has 2 N–H and O–H groups in total. The molecule has 0 aliphatic rings. The maximum absolute atomic E-state index is 13.3. The molecule has 0 amide bonds. The highest BCUT2D eigenvalue weighted by molar-refractivity contribution is 6.33. The zero-order chi connectivity index (χ0) is 30.2. The summed E-state index contributed by atoms with van der Waals surface area (Å²) in [5.41, 5.74) is 4.49. The van der Waals surface area contributed by atoms with Gasteiger partial charge in [-0.2, -0.15) is 5.21 Å². The molecule has 5 aromatic rings. The van der Waals surface area contributed by atoms with Gasteiger partial charge >= 0.3 is 0 Å². The fraction of sp³-hybridized carbons (Fsp3) is 0.258. The Morgan fingerprint density at radius 3 is 2.42 bits per heavy atom. The highest BCUT2D eigenvalue weighted by atomic mass is 35.5. The number of hydrogen-bond donors (Lipinski definition) is 2. The van der Waals surface area contributed by atoms with Crippen molar-refractivity contribution in [1.82, 2.24) is 30.4 Å². The zero-order valence-corrected chi connectivity index (χ0v) is 24.9. The van der Waals surface area contributed by atoms with Crippen LogP contribution in [0.3, 0.4) is 0 Å². The number of aromatic nitrogens is 6. The van der Waals surface area contributed by atoms with Gasteiger partial charge in [0.15, 0.2) is 11.5 Å². The fourth-order valence-corrected chi connectivity index (χ4v) is 4.78. The molecule has 0 radical (unpaired) electrons. The predicted molar refractivity (Wildman–Crippen MR) is 165 cm³/mol. The van der Waals surface area contributed by atoms with Crippen LogP contribution in [0.15, 0.2) is 71.5 Å². The lowest BCUT2D eigenvalue weighted by Crippen LogP contribution is -2.26. The number of ether oxygens (including phenoxy) is 3. The molecule has 2 heterocycles. The highest BCUT2D eigenvalue weighted by Gasteiger charge is 2.18. The van der Waals surface area contributed by atoms with Gasteiger partial charge in [-0.15, -0.1) is 15.3 Å². The van der Waals surface area contributed by atoms with Crippen LogP contribution in [0.1, 0.15) is 31.4 Å². The van der Waals surface area contributed by atoms with E-state index >= 15 is 0 Å². The first kappa shape index (κ1) is 29.6. The second-order valence-electron chi connectivity index (χ2n) is 9.56. The summed E-state index contributed by atoms with van der Waals surface area (Å²) < 4.78 is 18.3. The van der Waals surface area contributed by atoms with Crippen molar-refractivity contribution in [3.63, 3.8) is 0 Å². The number of rotatable bonds is 13. The lowest BCUT2D eigenvalue weighted by atomic mass is 9.98. The van der Waals surface area contributed by atoms with E-state index in [2.05, 4.69) is 31.0 Å². The van der Waals surface area contributed by atoms with Crippen molar-refractivity contribution in [3.8, 4) is 39.9 Å². The molecule has 12 heteroatoms. The molecule has 3 aromatic carbocycles. The molecule has 0 bridgehead atoms. The van der Waals surface area contributed by atoms with Gasteiger partial charge in [0, 0.05) is 12.1 Å². The van der Waals surface area contributed by atoms with E-state index in [1.165, 1.54) is 4.68 Å². The van der Waals surface area contributed by atoms with Crippen LogP contribution in [-0.4, -0.2) is 50.7 Å². The number of aromatic amines is 1. The Hall–Kier alpha value is -4.90. The average Bonchev–Trinajstić information content (AvgIpc) is 3.58. The van der Waals surface area contributed by atoms with Crippen molar-refractivity contribution in [1.29, 1.82) is 0 Å². The van der Waals surface area contributed by atoms with Gasteiger partial charge in [0.1, 0.15) is 10.7 Å². The topological polar surface area (TPSA) is 129 Å². The van der Waals surface area contributed by atoms with Crippen molar-refractivity contribution in [2.24, 2.45) is 0 Å². The van der Waals surface area contributed by atoms with E-state index in [4.69, 9.17) is 25.8 Å². The maximum atomic E-state index is 13.3. The quantitative estimate of drug-likeness (QED) is 0.177. The molecule has 0 fully saturated rings. The summed E-state index contributed by atoms with van der Waals surface area (Å²) in [4.78, 5) is 13.3. The highest BCUT2D eigenvalue weighted by Crippen LogP contribution is 2.32. The average molecular weight is 602 g/mol. The Morgan fingerprint density at radius 2 is 1.72 bits per heavy atom. The van der Waals surface area contributed by atoms with Crippen LogP contribution < -0.4 is 25.1 Å². The first-order valence-corrected chi connectivity index (χ1v) is 14.3. The summed E-state index contributed by atoms with van der Waals surface area (Å²) >= 11 is 6.64. The number of methoxy groups -OCH3 is 1. The van der Waals surface area contributed by atoms with Crippen molar-refractivity contribution in [3.05, 3.63) is 93.2 Å². The van der Waals surface area contributed by atoms with Crippen molar-refractivity contribution in [2.75, 3.05) is 25.6 Å². The van der Waals surface area contributed by atoms with Crippen LogP contribution in [0.25, 0.3) is 22.5 Å². The Kier molecular flexibility index (Phi) is 9.52. The van der Waals surface area contributed by atoms with E-state index in [0.29, 0.717) is 42.8 Å². The van der Waals surface area contributed by atoms with Crippen LogP contribution in [0.4, 0.5) is 5.69 Å².